The third kappa shape index (κ3) is 21.1. The highest BCUT2D eigenvalue weighted by Crippen LogP contribution is 2.43. The Morgan fingerprint density at radius 3 is 1.12 bits per heavy atom. The molecule has 0 unspecified atom stereocenters. The van der Waals surface area contributed by atoms with E-state index in [0.717, 1.165) is 85.3 Å². The second-order valence-electron chi connectivity index (χ2n) is 23.5. The maximum atomic E-state index is 14.3. The average Bonchev–Trinajstić information content (AvgIpc) is 1.68. The van der Waals surface area contributed by atoms with Crippen LogP contribution in [0.2, 0.25) is 0 Å². The van der Waals surface area contributed by atoms with Gasteiger partial charge in [0, 0.05) is 30.7 Å². The number of benzene rings is 6. The first-order chi connectivity index (χ1) is 54.2. The topological polar surface area (TPSA) is 320 Å². The van der Waals surface area contributed by atoms with Crippen LogP contribution in [0, 0.1) is 93.1 Å². The summed E-state index contributed by atoms with van der Waals surface area (Å²) < 4.78 is 258. The molecule has 0 atom stereocenters. The maximum absolute atomic E-state index is 14.3. The van der Waals surface area contributed by atoms with E-state index in [4.69, 9.17) is 40.8 Å². The standard InChI is InChI=1S/C16H16F3NO4.C16H15F2NO4.C14H11F2NO4.C12H11F3O4.C8H4ClF3O2.C8H5F3O3/c1-3-24-16(22)10(7-20-8-4-5-8)14(21)9-6-11(17)13(19)15(23-2)12(9)18;1-3-23-16(21)10-7-19(8-4-5-8)13-9(14(10)20)6-11(17)12(18)15(13)22-2;1-21-13-10(16)9(15)4-7-11(13)17(6-2-3-6)5-8(12(7)18)14(19)20;1-3-19-9(17)5-8(16)6-4-7(13)11(15)12(18-2)10(6)14;1-14-7-5(11)3(8(9)13)2-4(10)6(7)12;1-14-7-5(10)3(8(12)13)2-4(9)6(7)11/h6-8,21H,3-5H2,1-2H3;6-8H,3-5H2,1-2H3;4-6H,2-3H2,1H3,(H,19,20);4H,3,5H2,1-2H3;2H,1H3;2H,1H3,(H,12,13). The molecule has 618 valence electrons. The molecule has 0 bridgehead atoms. The predicted octanol–water partition coefficient (Wildman–Crippen LogP) is 14.8. The van der Waals surface area contributed by atoms with Gasteiger partial charge in [-0.15, -0.1) is 0 Å². The van der Waals surface area contributed by atoms with Crippen molar-refractivity contribution >= 4 is 86.3 Å². The fraction of sp³-hybridized carbons (Fsp3) is 0.297. The molecule has 0 amide bonds. The summed E-state index contributed by atoms with van der Waals surface area (Å²) in [5, 5.41) is 26.2. The quantitative estimate of drug-likeness (QED) is 0.00542. The molecule has 24 nitrogen and oxygen atoms in total. The second kappa shape index (κ2) is 39.9. The minimum Gasteiger partial charge on any atom is -0.506 e. The number of aromatic nitrogens is 2. The first kappa shape index (κ1) is 91.5. The highest BCUT2D eigenvalue weighted by atomic mass is 35.5. The van der Waals surface area contributed by atoms with Crippen molar-refractivity contribution in [2.45, 2.75) is 83.8 Å². The summed E-state index contributed by atoms with van der Waals surface area (Å²) in [5.41, 5.74) is -5.64. The number of rotatable bonds is 22. The number of fused-ring (bicyclic) bond motifs is 2. The van der Waals surface area contributed by atoms with Crippen molar-refractivity contribution in [1.29, 1.82) is 0 Å². The highest BCUT2D eigenvalue weighted by Gasteiger charge is 2.35. The Morgan fingerprint density at radius 2 is 0.757 bits per heavy atom. The molecular formula is C74H62ClF16N3O21. The fourth-order valence-corrected chi connectivity index (χ4v) is 10.3. The lowest BCUT2D eigenvalue weighted by molar-refractivity contribution is -0.142. The minimum absolute atomic E-state index is 0.0104. The van der Waals surface area contributed by atoms with Gasteiger partial charge in [-0.3, -0.25) is 29.0 Å². The van der Waals surface area contributed by atoms with Gasteiger partial charge in [0.15, 0.2) is 98.5 Å². The number of aliphatic hydroxyl groups excluding tert-OH is 1. The molecule has 0 aliphatic heterocycles. The number of pyridine rings is 2. The molecule has 115 heavy (non-hydrogen) atoms. The summed E-state index contributed by atoms with van der Waals surface area (Å²) in [6.07, 6.45) is 7.67. The molecule has 6 aromatic carbocycles. The number of esters is 3. The van der Waals surface area contributed by atoms with E-state index >= 15 is 0 Å². The Labute approximate surface area is 642 Å². The number of hydrogen-bond donors (Lipinski definition) is 3. The van der Waals surface area contributed by atoms with Crippen LogP contribution in [0.5, 0.6) is 34.5 Å². The van der Waals surface area contributed by atoms with Crippen molar-refractivity contribution in [3.05, 3.63) is 201 Å². The molecule has 0 spiro atoms. The summed E-state index contributed by atoms with van der Waals surface area (Å²) in [5.74, 6) is -34.4. The van der Waals surface area contributed by atoms with Gasteiger partial charge in [0.25, 0.3) is 5.24 Å². The van der Waals surface area contributed by atoms with Crippen molar-refractivity contribution in [3.63, 3.8) is 0 Å². The number of ether oxygens (including phenoxy) is 9. The maximum Gasteiger partial charge on any atom is 0.343 e. The number of carboxylic acid groups (broad SMARTS) is 2. The molecule has 3 aliphatic rings. The van der Waals surface area contributed by atoms with E-state index in [1.165, 1.54) is 38.1 Å². The highest BCUT2D eigenvalue weighted by molar-refractivity contribution is 6.67. The normalized spacial score (nSPS) is 12.8. The lowest BCUT2D eigenvalue weighted by atomic mass is 10.1. The van der Waals surface area contributed by atoms with Gasteiger partial charge in [0.1, 0.15) is 34.4 Å². The Balaban J connectivity index is 0.000000217. The predicted molar refractivity (Wildman–Crippen MR) is 371 cm³/mol. The van der Waals surface area contributed by atoms with E-state index in [9.17, 15) is 119 Å². The molecule has 0 saturated heterocycles. The number of halogens is 17. The monoisotopic (exact) mass is 1670 g/mol. The van der Waals surface area contributed by atoms with Crippen LogP contribution in [0.4, 0.5) is 70.2 Å². The number of aliphatic hydroxyl groups is 1. The van der Waals surface area contributed by atoms with Crippen molar-refractivity contribution < 1.29 is 162 Å². The van der Waals surface area contributed by atoms with Crippen LogP contribution in [-0.4, -0.2) is 140 Å². The van der Waals surface area contributed by atoms with Gasteiger partial charge in [0.2, 0.25) is 45.8 Å². The van der Waals surface area contributed by atoms with E-state index in [1.54, 1.807) is 18.4 Å². The third-order valence-electron chi connectivity index (χ3n) is 15.9. The van der Waals surface area contributed by atoms with Crippen molar-refractivity contribution in [1.82, 2.24) is 9.13 Å². The number of aromatic carboxylic acids is 2. The van der Waals surface area contributed by atoms with Crippen LogP contribution in [0.1, 0.15) is 135 Å². The first-order valence-electron chi connectivity index (χ1n) is 33.0. The number of carboxylic acids is 2. The number of carbonyl (C=O) groups is 7. The summed E-state index contributed by atoms with van der Waals surface area (Å²) in [4.78, 5) is 107. The number of aliphatic imine (C=N–C) groups is 1. The van der Waals surface area contributed by atoms with Crippen LogP contribution in [0.3, 0.4) is 0 Å². The van der Waals surface area contributed by atoms with Gasteiger partial charge in [-0.1, -0.05) is 0 Å². The molecule has 3 fully saturated rings. The molecule has 3 saturated carbocycles. The van der Waals surface area contributed by atoms with E-state index in [-0.39, 0.29) is 82.9 Å². The number of Topliss-reactive ketones (excluding diaryl/α,β-unsaturated/α-hetero) is 1. The molecule has 3 N–H and O–H groups in total. The van der Waals surface area contributed by atoms with Gasteiger partial charge in [-0.05, 0) is 107 Å². The van der Waals surface area contributed by atoms with Gasteiger partial charge in [-0.25, -0.2) is 63.1 Å². The smallest absolute Gasteiger partial charge is 0.343 e. The molecule has 8 aromatic rings. The summed E-state index contributed by atoms with van der Waals surface area (Å²) in [7, 11) is 6.12. The lowest BCUT2D eigenvalue weighted by Crippen LogP contribution is -2.21. The van der Waals surface area contributed by atoms with Crippen LogP contribution in [0.25, 0.3) is 27.6 Å². The van der Waals surface area contributed by atoms with Crippen LogP contribution in [0.15, 0.2) is 68.9 Å². The van der Waals surface area contributed by atoms with Crippen LogP contribution >= 0.6 is 11.6 Å². The van der Waals surface area contributed by atoms with Gasteiger partial charge >= 0.3 is 29.8 Å². The van der Waals surface area contributed by atoms with Gasteiger partial charge < -0.3 is 67.1 Å². The van der Waals surface area contributed by atoms with Crippen molar-refractivity contribution in [3.8, 4) is 34.5 Å². The van der Waals surface area contributed by atoms with E-state index < -0.39 is 213 Å². The molecule has 11 rings (SSSR count). The van der Waals surface area contributed by atoms with Crippen molar-refractivity contribution in [2.24, 2.45) is 4.99 Å². The Kier molecular flexibility index (Phi) is 31.7. The zero-order chi connectivity index (χ0) is 86.2. The van der Waals surface area contributed by atoms with E-state index in [0.29, 0.717) is 18.2 Å². The summed E-state index contributed by atoms with van der Waals surface area (Å²) in [6.45, 7) is 4.87. The van der Waals surface area contributed by atoms with Crippen molar-refractivity contribution in [2.75, 3.05) is 62.5 Å². The molecule has 3 aliphatic carbocycles. The molecule has 2 aromatic heterocycles. The zero-order valence-corrected chi connectivity index (χ0v) is 61.7. The number of methoxy groups -OCH3 is 6. The van der Waals surface area contributed by atoms with E-state index in [2.05, 4.69) is 28.7 Å². The number of carbonyl (C=O) groups excluding carboxylic acids is 5. The van der Waals surface area contributed by atoms with Gasteiger partial charge in [-0.2, -0.15) is 26.3 Å². The van der Waals surface area contributed by atoms with Gasteiger partial charge in [0.05, 0.1) is 107 Å². The number of hydrogen-bond acceptors (Lipinski definition) is 20. The average molecular weight is 1670 g/mol. The number of ketones is 1. The van der Waals surface area contributed by atoms with E-state index in [1.807, 2.05) is 0 Å². The molecule has 0 radical (unpaired) electrons. The lowest BCUT2D eigenvalue weighted by Gasteiger charge is -2.16. The molecule has 2 heterocycles. The SMILES string of the molecule is CCOC(=O)C(C=NC1CC1)=C(O)c1cc(F)c(F)c(OC)c1F.CCOC(=O)CC(=O)c1cc(F)c(F)c(OC)c1F.CCOC(=O)c1cn(C2CC2)c2c(OC)c(F)c(F)cc2c1=O.COc1c(F)c(F)cc(C(=O)Cl)c1F.COc1c(F)c(F)cc(C(=O)O)c1F.COc1c(F)c(F)cc2c(=O)c(C(=O)O)cn(C3CC3)c12. The van der Waals surface area contributed by atoms with Crippen LogP contribution < -0.4 is 39.3 Å². The summed E-state index contributed by atoms with van der Waals surface area (Å²) in [6, 6.07) is 2.99. The Bertz CT molecular complexity index is 5260. The summed E-state index contributed by atoms with van der Waals surface area (Å²) >= 11 is 4.94. The Hall–Kier alpha value is -12.4. The number of nitrogens with zero attached hydrogens (tertiary/aromatic N) is 3. The minimum atomic E-state index is -1.69. The first-order valence-corrected chi connectivity index (χ1v) is 33.4. The largest absolute Gasteiger partial charge is 0.506 e. The third-order valence-corrected chi connectivity index (χ3v) is 16.1. The zero-order valence-electron chi connectivity index (χ0n) is 61.0. The fourth-order valence-electron chi connectivity index (χ4n) is 10.1. The molecular weight excluding hydrogens is 1610 g/mol. The van der Waals surface area contributed by atoms with Crippen LogP contribution in [-0.2, 0) is 23.8 Å². The Morgan fingerprint density at radius 1 is 0.426 bits per heavy atom. The molecule has 41 heteroatoms. The second-order valence-corrected chi connectivity index (χ2v) is 23.8.